The van der Waals surface area contributed by atoms with Crippen LogP contribution in [0.3, 0.4) is 0 Å². The van der Waals surface area contributed by atoms with Crippen molar-refractivity contribution >= 4 is 33.0 Å². The molecule has 1 fully saturated rings. The SMILES string of the molecule is O=S(=O)(c1cc(CCl)cs1)N1CCCOCC1. The van der Waals surface area contributed by atoms with Crippen LogP contribution in [-0.2, 0) is 20.6 Å². The van der Waals surface area contributed by atoms with Crippen molar-refractivity contribution < 1.29 is 13.2 Å². The molecule has 0 unspecified atom stereocenters. The molecule has 0 radical (unpaired) electrons. The van der Waals surface area contributed by atoms with E-state index >= 15 is 0 Å². The van der Waals surface area contributed by atoms with Gasteiger partial charge in [0.15, 0.2) is 0 Å². The first-order chi connectivity index (χ1) is 8.14. The third-order valence-corrected chi connectivity index (χ3v) is 6.23. The summed E-state index contributed by atoms with van der Waals surface area (Å²) in [5, 5.41) is 1.79. The highest BCUT2D eigenvalue weighted by atomic mass is 35.5. The molecule has 1 aliphatic rings. The fraction of sp³-hybridized carbons (Fsp3) is 0.600. The summed E-state index contributed by atoms with van der Waals surface area (Å²) in [6.45, 7) is 2.04. The maximum atomic E-state index is 12.3. The maximum Gasteiger partial charge on any atom is 0.252 e. The Morgan fingerprint density at radius 2 is 2.24 bits per heavy atom. The van der Waals surface area contributed by atoms with Gasteiger partial charge in [0.1, 0.15) is 4.21 Å². The van der Waals surface area contributed by atoms with E-state index in [2.05, 4.69) is 0 Å². The van der Waals surface area contributed by atoms with E-state index in [0.29, 0.717) is 36.4 Å². The van der Waals surface area contributed by atoms with E-state index in [0.717, 1.165) is 12.0 Å². The zero-order valence-corrected chi connectivity index (χ0v) is 11.7. The Balaban J connectivity index is 2.22. The number of thiophene rings is 1. The first-order valence-electron chi connectivity index (χ1n) is 5.36. The molecule has 0 aromatic carbocycles. The van der Waals surface area contributed by atoms with Crippen molar-refractivity contribution in [3.8, 4) is 0 Å². The molecule has 0 spiro atoms. The summed E-state index contributed by atoms with van der Waals surface area (Å²) in [5.41, 5.74) is 0.848. The van der Waals surface area contributed by atoms with E-state index < -0.39 is 10.0 Å². The van der Waals surface area contributed by atoms with Gasteiger partial charge < -0.3 is 4.74 Å². The van der Waals surface area contributed by atoms with Gasteiger partial charge in [0.2, 0.25) is 0 Å². The molecule has 1 saturated heterocycles. The average molecular weight is 296 g/mol. The number of sulfonamides is 1. The highest BCUT2D eigenvalue weighted by Gasteiger charge is 2.26. The largest absolute Gasteiger partial charge is 0.380 e. The average Bonchev–Trinajstić information content (AvgIpc) is 2.64. The van der Waals surface area contributed by atoms with Crippen LogP contribution >= 0.6 is 22.9 Å². The van der Waals surface area contributed by atoms with Crippen LogP contribution < -0.4 is 0 Å². The molecule has 96 valence electrons. The van der Waals surface area contributed by atoms with Gasteiger partial charge in [0.25, 0.3) is 10.0 Å². The lowest BCUT2D eigenvalue weighted by molar-refractivity contribution is 0.148. The van der Waals surface area contributed by atoms with E-state index in [9.17, 15) is 8.42 Å². The predicted molar refractivity (Wildman–Crippen MR) is 68.1 cm³/mol. The third kappa shape index (κ3) is 3.00. The fourth-order valence-electron chi connectivity index (χ4n) is 1.65. The normalized spacial score (nSPS) is 19.1. The molecule has 1 aliphatic heterocycles. The zero-order valence-electron chi connectivity index (χ0n) is 9.26. The lowest BCUT2D eigenvalue weighted by Gasteiger charge is -2.17. The molecular weight excluding hydrogens is 282 g/mol. The Bertz CT molecular complexity index is 464. The van der Waals surface area contributed by atoms with Crippen molar-refractivity contribution in [3.63, 3.8) is 0 Å². The van der Waals surface area contributed by atoms with Gasteiger partial charge in [-0.1, -0.05) is 0 Å². The molecule has 0 aliphatic carbocycles. The summed E-state index contributed by atoms with van der Waals surface area (Å²) in [4.78, 5) is 0. The number of rotatable bonds is 3. The van der Waals surface area contributed by atoms with E-state index in [-0.39, 0.29) is 0 Å². The summed E-state index contributed by atoms with van der Waals surface area (Å²) < 4.78 is 31.7. The van der Waals surface area contributed by atoms with Crippen molar-refractivity contribution in [2.75, 3.05) is 26.3 Å². The Hall–Kier alpha value is -0.140. The molecule has 2 rings (SSSR count). The highest BCUT2D eigenvalue weighted by Crippen LogP contribution is 2.25. The molecule has 7 heteroatoms. The number of hydrogen-bond acceptors (Lipinski definition) is 4. The first-order valence-corrected chi connectivity index (χ1v) is 8.21. The van der Waals surface area contributed by atoms with Gasteiger partial charge >= 0.3 is 0 Å². The van der Waals surface area contributed by atoms with Crippen molar-refractivity contribution in [1.29, 1.82) is 0 Å². The van der Waals surface area contributed by atoms with Gasteiger partial charge in [0.05, 0.1) is 6.61 Å². The summed E-state index contributed by atoms with van der Waals surface area (Å²) in [5.74, 6) is 0.342. The lowest BCUT2D eigenvalue weighted by atomic mass is 10.4. The summed E-state index contributed by atoms with van der Waals surface area (Å²) in [6.07, 6.45) is 0.743. The minimum absolute atomic E-state index is 0.342. The number of halogens is 1. The molecule has 2 heterocycles. The van der Waals surface area contributed by atoms with Crippen LogP contribution in [0.4, 0.5) is 0 Å². The Labute approximate surface area is 110 Å². The van der Waals surface area contributed by atoms with Crippen molar-refractivity contribution in [3.05, 3.63) is 17.0 Å². The van der Waals surface area contributed by atoms with Gasteiger partial charge in [-0.25, -0.2) is 8.42 Å². The molecular formula is C10H14ClNO3S2. The number of alkyl halides is 1. The van der Waals surface area contributed by atoms with Crippen LogP contribution in [0, 0.1) is 0 Å². The molecule has 0 N–H and O–H groups in total. The molecule has 17 heavy (non-hydrogen) atoms. The Kier molecular flexibility index (Phi) is 4.43. The predicted octanol–water partition coefficient (Wildman–Crippen LogP) is 1.90. The van der Waals surface area contributed by atoms with Crippen LogP contribution in [-0.4, -0.2) is 39.0 Å². The third-order valence-electron chi connectivity index (χ3n) is 2.56. The minimum atomic E-state index is -3.36. The Morgan fingerprint density at radius 1 is 1.41 bits per heavy atom. The van der Waals surface area contributed by atoms with Crippen molar-refractivity contribution in [1.82, 2.24) is 4.31 Å². The first kappa shape index (κ1) is 13.3. The molecule has 1 aromatic rings. The lowest BCUT2D eigenvalue weighted by Crippen LogP contribution is -2.32. The molecule has 0 amide bonds. The molecule has 0 bridgehead atoms. The van der Waals surface area contributed by atoms with E-state index in [1.807, 2.05) is 0 Å². The van der Waals surface area contributed by atoms with Gasteiger partial charge in [0, 0.05) is 25.6 Å². The zero-order chi connectivity index (χ0) is 12.3. The topological polar surface area (TPSA) is 46.6 Å². The van der Waals surface area contributed by atoms with Crippen LogP contribution in [0.2, 0.25) is 0 Å². The molecule has 4 nitrogen and oxygen atoms in total. The molecule has 0 atom stereocenters. The van der Waals surface area contributed by atoms with Gasteiger partial charge in [-0.3, -0.25) is 0 Å². The second kappa shape index (κ2) is 5.67. The van der Waals surface area contributed by atoms with Crippen LogP contribution in [0.5, 0.6) is 0 Å². The Morgan fingerprint density at radius 3 is 2.94 bits per heavy atom. The highest BCUT2D eigenvalue weighted by molar-refractivity contribution is 7.91. The summed E-state index contributed by atoms with van der Waals surface area (Å²) in [7, 11) is -3.36. The molecule has 1 aromatic heterocycles. The van der Waals surface area contributed by atoms with Gasteiger partial charge in [-0.15, -0.1) is 22.9 Å². The van der Waals surface area contributed by atoms with Gasteiger partial charge in [-0.05, 0) is 23.4 Å². The number of ether oxygens (including phenoxy) is 1. The number of hydrogen-bond donors (Lipinski definition) is 0. The second-order valence-corrected chi connectivity index (χ2v) is 7.12. The fourth-order valence-corrected chi connectivity index (χ4v) is 4.72. The smallest absolute Gasteiger partial charge is 0.252 e. The maximum absolute atomic E-state index is 12.3. The van der Waals surface area contributed by atoms with E-state index in [1.165, 1.54) is 15.6 Å². The number of nitrogens with zero attached hydrogens (tertiary/aromatic N) is 1. The summed E-state index contributed by atoms with van der Waals surface area (Å²) in [6, 6.07) is 1.65. The van der Waals surface area contributed by atoms with Crippen LogP contribution in [0.25, 0.3) is 0 Å². The second-order valence-electron chi connectivity index (χ2n) is 3.78. The molecule has 0 saturated carbocycles. The van der Waals surface area contributed by atoms with Crippen LogP contribution in [0.1, 0.15) is 12.0 Å². The minimum Gasteiger partial charge on any atom is -0.380 e. The van der Waals surface area contributed by atoms with Gasteiger partial charge in [-0.2, -0.15) is 4.31 Å². The standard InChI is InChI=1S/C10H14ClNO3S2/c11-7-9-6-10(16-8-9)17(13,14)12-2-1-4-15-5-3-12/h6,8H,1-5,7H2. The summed E-state index contributed by atoms with van der Waals surface area (Å²) >= 11 is 6.91. The van der Waals surface area contributed by atoms with Crippen molar-refractivity contribution in [2.45, 2.75) is 16.5 Å². The van der Waals surface area contributed by atoms with Crippen LogP contribution in [0.15, 0.2) is 15.7 Å². The quantitative estimate of drug-likeness (QED) is 0.800. The van der Waals surface area contributed by atoms with E-state index in [4.69, 9.17) is 16.3 Å². The van der Waals surface area contributed by atoms with E-state index in [1.54, 1.807) is 11.4 Å². The van der Waals surface area contributed by atoms with Crippen molar-refractivity contribution in [2.24, 2.45) is 0 Å². The monoisotopic (exact) mass is 295 g/mol.